The first-order valence-electron chi connectivity index (χ1n) is 11.8. The first kappa shape index (κ1) is 27.8. The number of halogens is 2. The second kappa shape index (κ2) is 10.8. The molecule has 0 aliphatic carbocycles. The van der Waals surface area contributed by atoms with Crippen molar-refractivity contribution in [2.45, 2.75) is 37.7 Å². The van der Waals surface area contributed by atoms with Crippen molar-refractivity contribution in [1.82, 2.24) is 0 Å². The Labute approximate surface area is 232 Å². The third kappa shape index (κ3) is 6.40. The highest BCUT2D eigenvalue weighted by atomic mass is 35.5. The van der Waals surface area contributed by atoms with Crippen molar-refractivity contribution in [3.05, 3.63) is 82.3 Å². The highest BCUT2D eigenvalue weighted by Gasteiger charge is 2.32. The molecule has 0 bridgehead atoms. The van der Waals surface area contributed by atoms with Gasteiger partial charge in [-0.2, -0.15) is 0 Å². The van der Waals surface area contributed by atoms with Gasteiger partial charge in [0.15, 0.2) is 0 Å². The average molecular weight is 577 g/mol. The first-order valence-corrected chi connectivity index (χ1v) is 14.0. The molecule has 0 aromatic heterocycles. The molecule has 0 unspecified atom stereocenters. The number of carbonyl (C=O) groups excluding carboxylic acids is 2. The van der Waals surface area contributed by atoms with Gasteiger partial charge >= 0.3 is 12.0 Å². The van der Waals surface area contributed by atoms with E-state index in [1.165, 1.54) is 18.2 Å². The van der Waals surface area contributed by atoms with Crippen LogP contribution in [0.2, 0.25) is 10.0 Å². The van der Waals surface area contributed by atoms with E-state index in [2.05, 4.69) is 5.32 Å². The molecule has 0 spiro atoms. The van der Waals surface area contributed by atoms with Crippen molar-refractivity contribution in [3.63, 3.8) is 0 Å². The van der Waals surface area contributed by atoms with E-state index in [-0.39, 0.29) is 26.7 Å². The third-order valence-corrected chi connectivity index (χ3v) is 7.83. The van der Waals surface area contributed by atoms with Gasteiger partial charge in [-0.05, 0) is 75.2 Å². The number of sulfonamides is 1. The zero-order valence-corrected chi connectivity index (χ0v) is 23.4. The summed E-state index contributed by atoms with van der Waals surface area (Å²) in [6.07, 6.45) is 0.598. The van der Waals surface area contributed by atoms with Crippen LogP contribution in [0.25, 0.3) is 0 Å². The molecule has 1 aliphatic rings. The number of benzene rings is 3. The number of para-hydroxylation sites is 1. The lowest BCUT2D eigenvalue weighted by Gasteiger charge is -2.27. The summed E-state index contributed by atoms with van der Waals surface area (Å²) in [7, 11) is -4.31. The SMILES string of the molecule is CC(C)(C)OC(=O)CN(c1ccc2c(c1)N(C(=O)Nc1ccccc1)CC2)S(=O)(=O)c1cc(Cl)cc(Cl)c1. The van der Waals surface area contributed by atoms with Gasteiger partial charge in [0.25, 0.3) is 10.0 Å². The van der Waals surface area contributed by atoms with E-state index in [9.17, 15) is 18.0 Å². The number of ether oxygens (including phenoxy) is 1. The number of hydrogen-bond donors (Lipinski definition) is 1. The fourth-order valence-corrected chi connectivity index (χ4v) is 6.19. The second-order valence-electron chi connectivity index (χ2n) is 9.71. The quantitative estimate of drug-likeness (QED) is 0.357. The van der Waals surface area contributed by atoms with Crippen LogP contribution in [0.1, 0.15) is 26.3 Å². The summed E-state index contributed by atoms with van der Waals surface area (Å²) in [6.45, 7) is 4.90. The van der Waals surface area contributed by atoms with Gasteiger partial charge in [0.1, 0.15) is 12.1 Å². The van der Waals surface area contributed by atoms with Gasteiger partial charge in [0.2, 0.25) is 0 Å². The van der Waals surface area contributed by atoms with Crippen LogP contribution in [0.5, 0.6) is 0 Å². The predicted molar refractivity (Wildman–Crippen MR) is 150 cm³/mol. The third-order valence-electron chi connectivity index (χ3n) is 5.64. The van der Waals surface area contributed by atoms with Gasteiger partial charge in [-0.3, -0.25) is 14.0 Å². The molecule has 2 amide bonds. The van der Waals surface area contributed by atoms with Gasteiger partial charge in [0.05, 0.1) is 16.3 Å². The molecule has 0 atom stereocenters. The molecule has 1 heterocycles. The second-order valence-corrected chi connectivity index (χ2v) is 12.4. The Morgan fingerprint density at radius 2 is 1.66 bits per heavy atom. The van der Waals surface area contributed by atoms with Crippen LogP contribution in [-0.2, 0) is 26.0 Å². The molecule has 1 aliphatic heterocycles. The highest BCUT2D eigenvalue weighted by molar-refractivity contribution is 7.92. The largest absolute Gasteiger partial charge is 0.459 e. The minimum absolute atomic E-state index is 0.131. The van der Waals surface area contributed by atoms with Gasteiger partial charge in [-0.25, -0.2) is 13.2 Å². The van der Waals surface area contributed by atoms with E-state index < -0.39 is 28.1 Å². The first-order chi connectivity index (χ1) is 17.8. The van der Waals surface area contributed by atoms with Gasteiger partial charge in [0, 0.05) is 22.3 Å². The Bertz CT molecular complexity index is 1450. The molecule has 4 rings (SSSR count). The molecule has 3 aromatic rings. The summed E-state index contributed by atoms with van der Waals surface area (Å²) in [6, 6.07) is 17.5. The summed E-state index contributed by atoms with van der Waals surface area (Å²) in [5.41, 5.74) is 1.41. The smallest absolute Gasteiger partial charge is 0.327 e. The predicted octanol–water partition coefficient (Wildman–Crippen LogP) is 6.13. The topological polar surface area (TPSA) is 96.0 Å². The summed E-state index contributed by atoms with van der Waals surface area (Å²) in [5.74, 6) is -0.742. The average Bonchev–Trinajstić information content (AvgIpc) is 3.25. The molecular weight excluding hydrogens is 549 g/mol. The Morgan fingerprint density at radius 1 is 1.00 bits per heavy atom. The van der Waals surface area contributed by atoms with E-state index in [4.69, 9.17) is 27.9 Å². The van der Waals surface area contributed by atoms with Crippen LogP contribution in [-0.4, -0.2) is 39.1 Å². The summed E-state index contributed by atoms with van der Waals surface area (Å²) in [5, 5.41) is 3.11. The Kier molecular flexibility index (Phi) is 7.92. The monoisotopic (exact) mass is 575 g/mol. The lowest BCUT2D eigenvalue weighted by Crippen LogP contribution is -2.39. The van der Waals surface area contributed by atoms with E-state index in [1.807, 2.05) is 18.2 Å². The molecule has 0 radical (unpaired) electrons. The standard InChI is InChI=1S/C27H27Cl2N3O5S/c1-27(2,3)37-25(33)17-32(38(35,36)23-14-19(28)13-20(29)15-23)22-10-9-18-11-12-31(24(18)16-22)26(34)30-21-7-5-4-6-8-21/h4-10,13-16H,11-12,17H2,1-3H3,(H,30,34). The zero-order valence-electron chi connectivity index (χ0n) is 21.1. The number of carbonyl (C=O) groups is 2. The van der Waals surface area contributed by atoms with Crippen LogP contribution in [0, 0.1) is 0 Å². The number of esters is 1. The molecule has 200 valence electrons. The molecule has 0 fully saturated rings. The van der Waals surface area contributed by atoms with E-state index in [0.717, 1.165) is 9.87 Å². The van der Waals surface area contributed by atoms with Crippen molar-refractivity contribution in [3.8, 4) is 0 Å². The van der Waals surface area contributed by atoms with Crippen LogP contribution >= 0.6 is 23.2 Å². The molecule has 8 nitrogen and oxygen atoms in total. The van der Waals surface area contributed by atoms with Gasteiger partial charge in [-0.1, -0.05) is 47.5 Å². The number of rotatable bonds is 6. The number of nitrogens with zero attached hydrogens (tertiary/aromatic N) is 2. The summed E-state index contributed by atoms with van der Waals surface area (Å²) in [4.78, 5) is 27.2. The highest BCUT2D eigenvalue weighted by Crippen LogP contribution is 2.35. The Morgan fingerprint density at radius 3 is 2.29 bits per heavy atom. The van der Waals surface area contributed by atoms with Crippen molar-refractivity contribution < 1.29 is 22.7 Å². The van der Waals surface area contributed by atoms with Crippen molar-refractivity contribution in [1.29, 1.82) is 0 Å². The van der Waals surface area contributed by atoms with Crippen molar-refractivity contribution in [2.75, 3.05) is 27.6 Å². The van der Waals surface area contributed by atoms with Crippen LogP contribution in [0.15, 0.2) is 71.6 Å². The minimum atomic E-state index is -4.31. The maximum absolute atomic E-state index is 13.8. The Balaban J connectivity index is 1.73. The molecular formula is C27H27Cl2N3O5S. The molecule has 38 heavy (non-hydrogen) atoms. The zero-order chi connectivity index (χ0) is 27.7. The fourth-order valence-electron chi connectivity index (χ4n) is 4.06. The number of urea groups is 1. The maximum Gasteiger partial charge on any atom is 0.327 e. The fraction of sp³-hybridized carbons (Fsp3) is 0.259. The lowest BCUT2D eigenvalue weighted by atomic mass is 10.1. The van der Waals surface area contributed by atoms with Crippen LogP contribution in [0.3, 0.4) is 0 Å². The van der Waals surface area contributed by atoms with E-state index >= 15 is 0 Å². The van der Waals surface area contributed by atoms with Gasteiger partial charge in [-0.15, -0.1) is 0 Å². The van der Waals surface area contributed by atoms with Crippen LogP contribution < -0.4 is 14.5 Å². The number of nitrogens with one attached hydrogen (secondary N) is 1. The van der Waals surface area contributed by atoms with E-state index in [0.29, 0.717) is 24.3 Å². The normalized spacial score (nSPS) is 13.1. The lowest BCUT2D eigenvalue weighted by molar-refractivity contribution is -0.152. The molecule has 0 saturated heterocycles. The minimum Gasteiger partial charge on any atom is -0.459 e. The van der Waals surface area contributed by atoms with Crippen molar-refractivity contribution in [2.24, 2.45) is 0 Å². The molecule has 11 heteroatoms. The molecule has 0 saturated carbocycles. The number of anilines is 3. The molecule has 1 N–H and O–H groups in total. The number of fused-ring (bicyclic) bond motifs is 1. The maximum atomic E-state index is 13.8. The van der Waals surface area contributed by atoms with E-state index in [1.54, 1.807) is 56.0 Å². The van der Waals surface area contributed by atoms with Crippen LogP contribution in [0.4, 0.5) is 21.9 Å². The van der Waals surface area contributed by atoms with Gasteiger partial charge < -0.3 is 10.1 Å². The summed E-state index contributed by atoms with van der Waals surface area (Å²) < 4.78 is 34.0. The number of hydrogen-bond acceptors (Lipinski definition) is 5. The number of amides is 2. The molecule has 3 aromatic carbocycles. The summed E-state index contributed by atoms with van der Waals surface area (Å²) >= 11 is 12.2. The Hall–Kier alpha value is -3.27. The van der Waals surface area contributed by atoms with Crippen molar-refractivity contribution >= 4 is 62.3 Å².